The molecule has 2 aromatic rings. The summed E-state index contributed by atoms with van der Waals surface area (Å²) in [5.74, 6) is 0. The number of halogens is 3. The zero-order valence-electron chi connectivity index (χ0n) is 10.9. The fourth-order valence-corrected chi connectivity index (χ4v) is 2.75. The van der Waals surface area contributed by atoms with Crippen molar-refractivity contribution in [3.8, 4) is 0 Å². The van der Waals surface area contributed by atoms with Crippen molar-refractivity contribution in [3.63, 3.8) is 0 Å². The SMILES string of the molecule is FC(F)(F)CC(NCCc1ccsc1)c1ccccc1. The van der Waals surface area contributed by atoms with Crippen molar-refractivity contribution in [1.82, 2.24) is 5.32 Å². The molecule has 1 nitrogen and oxygen atoms in total. The molecule has 1 unspecified atom stereocenters. The molecular formula is C15H16F3NS. The Labute approximate surface area is 120 Å². The third-order valence-electron chi connectivity index (χ3n) is 3.02. The average molecular weight is 299 g/mol. The van der Waals surface area contributed by atoms with Gasteiger partial charge in [-0.15, -0.1) is 0 Å². The summed E-state index contributed by atoms with van der Waals surface area (Å²) in [6.45, 7) is 0.534. The lowest BCUT2D eigenvalue weighted by Crippen LogP contribution is -2.28. The molecule has 1 N–H and O–H groups in total. The molecule has 0 spiro atoms. The van der Waals surface area contributed by atoms with Crippen molar-refractivity contribution < 1.29 is 13.2 Å². The fourth-order valence-electron chi connectivity index (χ4n) is 2.05. The Morgan fingerprint density at radius 2 is 1.85 bits per heavy atom. The highest BCUT2D eigenvalue weighted by Crippen LogP contribution is 2.29. The van der Waals surface area contributed by atoms with E-state index in [1.807, 2.05) is 16.8 Å². The van der Waals surface area contributed by atoms with Gasteiger partial charge in [0, 0.05) is 6.04 Å². The topological polar surface area (TPSA) is 12.0 Å². The largest absolute Gasteiger partial charge is 0.390 e. The molecule has 0 aliphatic carbocycles. The number of hydrogen-bond donors (Lipinski definition) is 1. The Kier molecular flexibility index (Phi) is 5.20. The zero-order chi connectivity index (χ0) is 14.4. The Morgan fingerprint density at radius 1 is 1.10 bits per heavy atom. The van der Waals surface area contributed by atoms with Crippen LogP contribution in [0.1, 0.15) is 23.6 Å². The lowest BCUT2D eigenvalue weighted by atomic mass is 10.0. The predicted molar refractivity (Wildman–Crippen MR) is 75.9 cm³/mol. The van der Waals surface area contributed by atoms with E-state index in [9.17, 15) is 13.2 Å². The first-order valence-electron chi connectivity index (χ1n) is 6.41. The third-order valence-corrected chi connectivity index (χ3v) is 3.75. The minimum atomic E-state index is -4.17. The highest BCUT2D eigenvalue weighted by Gasteiger charge is 2.32. The van der Waals surface area contributed by atoms with E-state index in [2.05, 4.69) is 5.32 Å². The van der Waals surface area contributed by atoms with Crippen LogP contribution in [0.4, 0.5) is 13.2 Å². The van der Waals surface area contributed by atoms with Crippen molar-refractivity contribution in [3.05, 3.63) is 58.3 Å². The van der Waals surface area contributed by atoms with Gasteiger partial charge in [0.25, 0.3) is 0 Å². The van der Waals surface area contributed by atoms with Gasteiger partial charge in [-0.2, -0.15) is 24.5 Å². The van der Waals surface area contributed by atoms with E-state index in [0.29, 0.717) is 12.1 Å². The smallest absolute Gasteiger partial charge is 0.309 e. The molecule has 0 amide bonds. The molecule has 0 saturated heterocycles. The van der Waals surface area contributed by atoms with Crippen molar-refractivity contribution in [1.29, 1.82) is 0 Å². The van der Waals surface area contributed by atoms with Gasteiger partial charge in [0.2, 0.25) is 0 Å². The van der Waals surface area contributed by atoms with Crippen LogP contribution in [0, 0.1) is 0 Å². The number of nitrogens with one attached hydrogen (secondary N) is 1. The number of hydrogen-bond acceptors (Lipinski definition) is 2. The van der Waals surface area contributed by atoms with Crippen LogP contribution in [0.5, 0.6) is 0 Å². The van der Waals surface area contributed by atoms with E-state index in [1.165, 1.54) is 0 Å². The molecule has 0 radical (unpaired) electrons. The van der Waals surface area contributed by atoms with Gasteiger partial charge in [-0.1, -0.05) is 30.3 Å². The van der Waals surface area contributed by atoms with E-state index < -0.39 is 18.6 Å². The molecule has 0 aliphatic heterocycles. The number of rotatable bonds is 6. The minimum absolute atomic E-state index is 0.534. The highest BCUT2D eigenvalue weighted by molar-refractivity contribution is 7.07. The van der Waals surface area contributed by atoms with E-state index >= 15 is 0 Å². The molecule has 1 heterocycles. The van der Waals surface area contributed by atoms with Gasteiger partial charge in [-0.3, -0.25) is 0 Å². The van der Waals surface area contributed by atoms with Crippen LogP contribution in [-0.2, 0) is 6.42 Å². The standard InChI is InChI=1S/C15H16F3NS/c16-15(17,18)10-14(13-4-2-1-3-5-13)19-8-6-12-7-9-20-11-12/h1-5,7,9,11,14,19H,6,8,10H2. The maximum atomic E-state index is 12.7. The van der Waals surface area contributed by atoms with Crippen LogP contribution in [-0.4, -0.2) is 12.7 Å². The quantitative estimate of drug-likeness (QED) is 0.823. The average Bonchev–Trinajstić information content (AvgIpc) is 2.90. The van der Waals surface area contributed by atoms with E-state index in [-0.39, 0.29) is 0 Å². The van der Waals surface area contributed by atoms with Gasteiger partial charge in [0.05, 0.1) is 6.42 Å². The monoisotopic (exact) mass is 299 g/mol. The maximum Gasteiger partial charge on any atom is 0.390 e. The number of thiophene rings is 1. The van der Waals surface area contributed by atoms with Gasteiger partial charge in [0.1, 0.15) is 0 Å². The van der Waals surface area contributed by atoms with Crippen molar-refractivity contribution in [2.45, 2.75) is 25.1 Å². The lowest BCUT2D eigenvalue weighted by Gasteiger charge is -2.20. The molecule has 5 heteroatoms. The van der Waals surface area contributed by atoms with Crippen LogP contribution in [0.15, 0.2) is 47.2 Å². The van der Waals surface area contributed by atoms with Gasteiger partial charge < -0.3 is 5.32 Å². The molecule has 0 bridgehead atoms. The van der Waals surface area contributed by atoms with Crippen molar-refractivity contribution >= 4 is 11.3 Å². The van der Waals surface area contributed by atoms with Gasteiger partial charge in [0.15, 0.2) is 0 Å². The first-order valence-corrected chi connectivity index (χ1v) is 7.35. The van der Waals surface area contributed by atoms with E-state index in [0.717, 1.165) is 12.0 Å². The summed E-state index contributed by atoms with van der Waals surface area (Å²) in [7, 11) is 0. The first kappa shape index (κ1) is 15.1. The highest BCUT2D eigenvalue weighted by atomic mass is 32.1. The Hall–Kier alpha value is -1.33. The molecule has 108 valence electrons. The molecule has 0 fully saturated rings. The molecule has 0 saturated carbocycles. The van der Waals surface area contributed by atoms with Gasteiger partial charge in [-0.25, -0.2) is 0 Å². The van der Waals surface area contributed by atoms with Gasteiger partial charge in [-0.05, 0) is 40.9 Å². The summed E-state index contributed by atoms with van der Waals surface area (Å²) in [5.41, 5.74) is 1.83. The van der Waals surface area contributed by atoms with Crippen LogP contribution < -0.4 is 5.32 Å². The Balaban J connectivity index is 1.96. The third kappa shape index (κ3) is 4.98. The summed E-state index contributed by atoms with van der Waals surface area (Å²) in [6, 6.07) is 10.1. The molecule has 0 aliphatic rings. The summed E-state index contributed by atoms with van der Waals surface area (Å²) >= 11 is 1.60. The van der Waals surface area contributed by atoms with Crippen LogP contribution in [0.25, 0.3) is 0 Å². The van der Waals surface area contributed by atoms with Gasteiger partial charge >= 0.3 is 6.18 Å². The second kappa shape index (κ2) is 6.90. The maximum absolute atomic E-state index is 12.7. The minimum Gasteiger partial charge on any atom is -0.309 e. The Morgan fingerprint density at radius 3 is 2.45 bits per heavy atom. The fraction of sp³-hybridized carbons (Fsp3) is 0.333. The van der Waals surface area contributed by atoms with Crippen LogP contribution in [0.3, 0.4) is 0 Å². The molecule has 20 heavy (non-hydrogen) atoms. The predicted octanol–water partition coefficient (Wildman–Crippen LogP) is 4.57. The molecule has 2 rings (SSSR count). The summed E-state index contributed by atoms with van der Waals surface area (Å²) in [6.07, 6.45) is -4.28. The van der Waals surface area contributed by atoms with Crippen LogP contribution in [0.2, 0.25) is 0 Å². The number of alkyl halides is 3. The summed E-state index contributed by atoms with van der Waals surface area (Å²) < 4.78 is 38.0. The second-order valence-electron chi connectivity index (χ2n) is 4.62. The zero-order valence-corrected chi connectivity index (χ0v) is 11.7. The van der Waals surface area contributed by atoms with E-state index in [1.54, 1.807) is 41.7 Å². The lowest BCUT2D eigenvalue weighted by molar-refractivity contribution is -0.140. The normalized spacial score (nSPS) is 13.3. The van der Waals surface area contributed by atoms with E-state index in [4.69, 9.17) is 0 Å². The molecule has 1 atom stereocenters. The summed E-state index contributed by atoms with van der Waals surface area (Å²) in [5, 5.41) is 7.00. The second-order valence-corrected chi connectivity index (χ2v) is 5.40. The Bertz CT molecular complexity index is 494. The van der Waals surface area contributed by atoms with Crippen LogP contribution >= 0.6 is 11.3 Å². The number of benzene rings is 1. The summed E-state index contributed by atoms with van der Waals surface area (Å²) in [4.78, 5) is 0. The van der Waals surface area contributed by atoms with Crippen molar-refractivity contribution in [2.24, 2.45) is 0 Å². The molecular weight excluding hydrogens is 283 g/mol. The molecule has 1 aromatic carbocycles. The van der Waals surface area contributed by atoms with Crippen molar-refractivity contribution in [2.75, 3.05) is 6.54 Å². The molecule has 1 aromatic heterocycles. The first-order chi connectivity index (χ1) is 9.54.